The van der Waals surface area contributed by atoms with Crippen molar-refractivity contribution in [3.8, 4) is 6.07 Å². The van der Waals surface area contributed by atoms with Gasteiger partial charge >= 0.3 is 11.9 Å². The monoisotopic (exact) mass is 299 g/mol. The van der Waals surface area contributed by atoms with Crippen LogP contribution in [-0.2, 0) is 19.1 Å². The number of ether oxygens (including phenoxy) is 2. The largest absolute Gasteiger partial charge is 0.459 e. The first-order valence-electron chi connectivity index (χ1n) is 6.64. The maximum atomic E-state index is 11.5. The third-order valence-electron chi connectivity index (χ3n) is 2.57. The molecule has 0 N–H and O–H groups in total. The highest BCUT2D eigenvalue weighted by molar-refractivity contribution is 5.87. The first kappa shape index (κ1) is 17.2. The Morgan fingerprint density at radius 1 is 1.36 bits per heavy atom. The highest BCUT2D eigenvalue weighted by Gasteiger charge is 2.11. The van der Waals surface area contributed by atoms with Crippen LogP contribution in [-0.4, -0.2) is 24.6 Å². The molecule has 0 bridgehead atoms. The van der Waals surface area contributed by atoms with E-state index in [9.17, 15) is 9.59 Å². The molecule has 0 spiro atoms. The van der Waals surface area contributed by atoms with Gasteiger partial charge in [0.25, 0.3) is 0 Å². The van der Waals surface area contributed by atoms with E-state index in [-0.39, 0.29) is 6.61 Å². The Balaban J connectivity index is 2.42. The molecule has 0 radical (unpaired) electrons. The fourth-order valence-corrected chi connectivity index (χ4v) is 1.40. The number of carbonyl (C=O) groups is 2. The van der Waals surface area contributed by atoms with E-state index in [0.29, 0.717) is 11.1 Å². The zero-order chi connectivity index (χ0) is 16.5. The molecule has 0 aromatic heterocycles. The van der Waals surface area contributed by atoms with Gasteiger partial charge in [0, 0.05) is 11.6 Å². The Hall–Kier alpha value is -2.87. The van der Waals surface area contributed by atoms with Crippen LogP contribution >= 0.6 is 0 Å². The predicted molar refractivity (Wildman–Crippen MR) is 81.5 cm³/mol. The van der Waals surface area contributed by atoms with E-state index in [0.717, 1.165) is 5.56 Å². The molecule has 5 heteroatoms. The zero-order valence-electron chi connectivity index (χ0n) is 12.5. The van der Waals surface area contributed by atoms with Crippen LogP contribution in [0.1, 0.15) is 25.0 Å². The van der Waals surface area contributed by atoms with E-state index in [1.54, 1.807) is 44.2 Å². The number of rotatable bonds is 6. The molecular formula is C17H17NO4. The van der Waals surface area contributed by atoms with E-state index >= 15 is 0 Å². The molecule has 0 saturated heterocycles. The van der Waals surface area contributed by atoms with Crippen LogP contribution in [0.2, 0.25) is 0 Å². The molecule has 1 aromatic carbocycles. The SMILES string of the molecule is C=C(C)C(=O)OC(C)COC(=O)/C=C/c1ccc(C#N)cc1. The van der Waals surface area contributed by atoms with Crippen molar-refractivity contribution >= 4 is 18.0 Å². The third kappa shape index (κ3) is 6.06. The second-order valence-electron chi connectivity index (χ2n) is 4.69. The number of hydrogen-bond acceptors (Lipinski definition) is 5. The van der Waals surface area contributed by atoms with Gasteiger partial charge in [-0.25, -0.2) is 9.59 Å². The van der Waals surface area contributed by atoms with Crippen LogP contribution in [0, 0.1) is 11.3 Å². The molecule has 1 aromatic rings. The quantitative estimate of drug-likeness (QED) is 0.596. The van der Waals surface area contributed by atoms with Crippen molar-refractivity contribution < 1.29 is 19.1 Å². The zero-order valence-corrected chi connectivity index (χ0v) is 12.5. The lowest BCUT2D eigenvalue weighted by Crippen LogP contribution is -2.22. The summed E-state index contributed by atoms with van der Waals surface area (Å²) in [6.45, 7) is 6.60. The average Bonchev–Trinajstić information content (AvgIpc) is 2.51. The van der Waals surface area contributed by atoms with E-state index in [1.807, 2.05) is 6.07 Å². The Morgan fingerprint density at radius 3 is 2.55 bits per heavy atom. The second kappa shape index (κ2) is 8.42. The van der Waals surface area contributed by atoms with Gasteiger partial charge in [-0.15, -0.1) is 0 Å². The Labute approximate surface area is 129 Å². The summed E-state index contributed by atoms with van der Waals surface area (Å²) in [5.74, 6) is -1.06. The molecule has 114 valence electrons. The average molecular weight is 299 g/mol. The number of esters is 2. The number of carbonyl (C=O) groups excluding carboxylic acids is 2. The lowest BCUT2D eigenvalue weighted by molar-refractivity contribution is -0.152. The van der Waals surface area contributed by atoms with Crippen molar-refractivity contribution in [1.29, 1.82) is 5.26 Å². The first-order valence-corrected chi connectivity index (χ1v) is 6.64. The fraction of sp³-hybridized carbons (Fsp3) is 0.235. The van der Waals surface area contributed by atoms with Gasteiger partial charge in [0.1, 0.15) is 12.7 Å². The van der Waals surface area contributed by atoms with Gasteiger partial charge in [0.15, 0.2) is 0 Å². The van der Waals surface area contributed by atoms with Crippen LogP contribution in [0.3, 0.4) is 0 Å². The smallest absolute Gasteiger partial charge is 0.333 e. The summed E-state index contributed by atoms with van der Waals surface area (Å²) < 4.78 is 9.95. The predicted octanol–water partition coefficient (Wildman–Crippen LogP) is 2.62. The standard InChI is InChI=1S/C17H17NO4/c1-12(2)17(20)22-13(3)11-21-16(19)9-8-14-4-6-15(10-18)7-5-14/h4-9,13H,1,11H2,2-3H3/b9-8+. The lowest BCUT2D eigenvalue weighted by atomic mass is 10.1. The number of hydrogen-bond donors (Lipinski definition) is 0. The van der Waals surface area contributed by atoms with Gasteiger partial charge in [-0.1, -0.05) is 18.7 Å². The molecule has 0 amide bonds. The van der Waals surface area contributed by atoms with Crippen molar-refractivity contribution in [3.05, 3.63) is 53.6 Å². The highest BCUT2D eigenvalue weighted by Crippen LogP contribution is 2.05. The number of nitriles is 1. The van der Waals surface area contributed by atoms with E-state index in [2.05, 4.69) is 6.58 Å². The minimum Gasteiger partial charge on any atom is -0.459 e. The number of nitrogens with zero attached hydrogens (tertiary/aromatic N) is 1. The Bertz CT molecular complexity index is 623. The van der Waals surface area contributed by atoms with Crippen LogP contribution in [0.15, 0.2) is 42.5 Å². The van der Waals surface area contributed by atoms with Gasteiger partial charge in [-0.2, -0.15) is 5.26 Å². The summed E-state index contributed by atoms with van der Waals surface area (Å²) in [7, 11) is 0. The minimum atomic E-state index is -0.545. The summed E-state index contributed by atoms with van der Waals surface area (Å²) in [5.41, 5.74) is 1.62. The van der Waals surface area contributed by atoms with Crippen LogP contribution in [0.25, 0.3) is 6.08 Å². The summed E-state index contributed by atoms with van der Waals surface area (Å²) in [6.07, 6.45) is 2.30. The van der Waals surface area contributed by atoms with Crippen LogP contribution in [0.4, 0.5) is 0 Å². The van der Waals surface area contributed by atoms with E-state index in [1.165, 1.54) is 6.08 Å². The molecule has 0 aliphatic carbocycles. The van der Waals surface area contributed by atoms with E-state index in [4.69, 9.17) is 14.7 Å². The van der Waals surface area contributed by atoms with Crippen molar-refractivity contribution in [1.82, 2.24) is 0 Å². The lowest BCUT2D eigenvalue weighted by Gasteiger charge is -2.12. The molecule has 22 heavy (non-hydrogen) atoms. The summed E-state index contributed by atoms with van der Waals surface area (Å²) in [6, 6.07) is 8.77. The van der Waals surface area contributed by atoms with Gasteiger partial charge in [0.05, 0.1) is 11.6 Å². The van der Waals surface area contributed by atoms with Crippen molar-refractivity contribution in [2.45, 2.75) is 20.0 Å². The summed E-state index contributed by atoms with van der Waals surface area (Å²) in [5, 5.41) is 8.68. The molecule has 1 atom stereocenters. The first-order chi connectivity index (χ1) is 10.4. The van der Waals surface area contributed by atoms with Crippen LogP contribution < -0.4 is 0 Å². The van der Waals surface area contributed by atoms with Gasteiger partial charge in [-0.3, -0.25) is 0 Å². The van der Waals surface area contributed by atoms with Gasteiger partial charge in [-0.05, 0) is 37.6 Å². The molecule has 0 fully saturated rings. The van der Waals surface area contributed by atoms with E-state index < -0.39 is 18.0 Å². The molecule has 5 nitrogen and oxygen atoms in total. The highest BCUT2D eigenvalue weighted by atomic mass is 16.6. The third-order valence-corrected chi connectivity index (χ3v) is 2.57. The van der Waals surface area contributed by atoms with Crippen molar-refractivity contribution in [2.24, 2.45) is 0 Å². The topological polar surface area (TPSA) is 76.4 Å². The normalized spacial score (nSPS) is 11.5. The Kier molecular flexibility index (Phi) is 6.58. The van der Waals surface area contributed by atoms with Crippen LogP contribution in [0.5, 0.6) is 0 Å². The van der Waals surface area contributed by atoms with Gasteiger partial charge < -0.3 is 9.47 Å². The fourth-order valence-electron chi connectivity index (χ4n) is 1.40. The second-order valence-corrected chi connectivity index (χ2v) is 4.69. The molecule has 0 aliphatic rings. The van der Waals surface area contributed by atoms with Crippen molar-refractivity contribution in [2.75, 3.05) is 6.61 Å². The Morgan fingerprint density at radius 2 is 2.00 bits per heavy atom. The van der Waals surface area contributed by atoms with Gasteiger partial charge in [0.2, 0.25) is 0 Å². The maximum absolute atomic E-state index is 11.5. The summed E-state index contributed by atoms with van der Waals surface area (Å²) >= 11 is 0. The molecule has 0 aliphatic heterocycles. The molecule has 1 unspecified atom stereocenters. The molecule has 0 saturated carbocycles. The van der Waals surface area contributed by atoms with Crippen molar-refractivity contribution in [3.63, 3.8) is 0 Å². The molecule has 0 heterocycles. The summed E-state index contributed by atoms with van der Waals surface area (Å²) in [4.78, 5) is 22.8. The minimum absolute atomic E-state index is 0.0322. The molecule has 1 rings (SSSR count). The maximum Gasteiger partial charge on any atom is 0.333 e. The molecular weight excluding hydrogens is 282 g/mol. The number of benzene rings is 1.